The van der Waals surface area contributed by atoms with Crippen LogP contribution in [0, 0.1) is 6.92 Å². The van der Waals surface area contributed by atoms with Crippen molar-refractivity contribution >= 4 is 6.08 Å². The summed E-state index contributed by atoms with van der Waals surface area (Å²) in [6.07, 6.45) is 2.24. The summed E-state index contributed by atoms with van der Waals surface area (Å²) in [6.45, 7) is 3.68. The number of hydrogen-bond donors (Lipinski definition) is 0. The molecule has 0 heterocycles. The summed E-state index contributed by atoms with van der Waals surface area (Å²) in [6, 6.07) is 5.23. The molecule has 0 saturated heterocycles. The zero-order valence-corrected chi connectivity index (χ0v) is 11.7. The quantitative estimate of drug-likeness (QED) is 0.746. The van der Waals surface area contributed by atoms with Gasteiger partial charge in [0, 0.05) is 0 Å². The van der Waals surface area contributed by atoms with Gasteiger partial charge < -0.3 is 0 Å². The molecule has 16 heavy (non-hydrogen) atoms. The van der Waals surface area contributed by atoms with E-state index in [9.17, 15) is 7.88 Å². The van der Waals surface area contributed by atoms with Gasteiger partial charge in [0.15, 0.2) is 0 Å². The minimum atomic E-state index is -6.40. The molecule has 86 valence electrons. The summed E-state index contributed by atoms with van der Waals surface area (Å²) in [5, 5.41) is 0. The number of benzene rings is 1. The van der Waals surface area contributed by atoms with Crippen molar-refractivity contribution in [1.82, 2.24) is 0 Å². The van der Waals surface area contributed by atoms with E-state index in [0.29, 0.717) is 17.6 Å². The van der Waals surface area contributed by atoms with Crippen LogP contribution < -0.4 is 0 Å². The maximum atomic E-state index is 13.2. The van der Waals surface area contributed by atoms with Crippen LogP contribution in [0.1, 0.15) is 33.7 Å². The number of fused-ring (bicyclic) bond motifs is 1. The van der Waals surface area contributed by atoms with Gasteiger partial charge in [-0.05, 0) is 0 Å². The van der Waals surface area contributed by atoms with Crippen LogP contribution in [0.3, 0.4) is 0 Å². The number of hydrogen-bond acceptors (Lipinski definition) is 0. The van der Waals surface area contributed by atoms with E-state index in [2.05, 4.69) is 0 Å². The third-order valence-corrected chi connectivity index (χ3v) is 6.39. The second kappa shape index (κ2) is 4.14. The molecule has 1 aromatic carbocycles. The Bertz CT molecular complexity index is 446. The summed E-state index contributed by atoms with van der Waals surface area (Å²) in [4.78, 5) is 0. The zero-order chi connectivity index (χ0) is 11.9. The molecule has 1 aliphatic carbocycles. The van der Waals surface area contributed by atoms with E-state index >= 15 is 0 Å². The van der Waals surface area contributed by atoms with Crippen molar-refractivity contribution in [3.05, 3.63) is 40.5 Å². The molecule has 0 aromatic heterocycles. The molecule has 0 nitrogen and oxygen atoms in total. The Morgan fingerprint density at radius 3 is 2.50 bits per heavy atom. The van der Waals surface area contributed by atoms with Crippen LogP contribution in [0.25, 0.3) is 6.08 Å². The van der Waals surface area contributed by atoms with E-state index in [-0.39, 0.29) is 0 Å². The van der Waals surface area contributed by atoms with Crippen LogP contribution in [-0.2, 0) is 22.1 Å². The zero-order valence-electron chi connectivity index (χ0n) is 9.23. The van der Waals surface area contributed by atoms with Gasteiger partial charge in [0.25, 0.3) is 0 Å². The molecule has 0 bridgehead atoms. The first-order chi connectivity index (χ1) is 7.45. The molecule has 0 radical (unpaired) electrons. The van der Waals surface area contributed by atoms with Crippen LogP contribution in [0.15, 0.2) is 23.8 Å². The fourth-order valence-electron chi connectivity index (χ4n) is 2.31. The Balaban J connectivity index is 2.58. The Morgan fingerprint density at radius 1 is 1.25 bits per heavy atom. The molecule has 0 saturated carbocycles. The van der Waals surface area contributed by atoms with Gasteiger partial charge in [0.2, 0.25) is 0 Å². The van der Waals surface area contributed by atoms with Crippen LogP contribution in [0.5, 0.6) is 0 Å². The normalized spacial score (nSPS) is 19.6. The maximum absolute atomic E-state index is 13.2. The average Bonchev–Trinajstić information content (AvgIpc) is 2.57. The van der Waals surface area contributed by atoms with Crippen molar-refractivity contribution in [2.75, 3.05) is 0 Å². The Labute approximate surface area is 100 Å². The van der Waals surface area contributed by atoms with E-state index in [0.717, 1.165) is 11.1 Å². The minimum absolute atomic E-state index is 0.495. The van der Waals surface area contributed by atoms with Crippen LogP contribution >= 0.6 is 0 Å². The van der Waals surface area contributed by atoms with Gasteiger partial charge in [-0.25, -0.2) is 0 Å². The van der Waals surface area contributed by atoms with E-state index < -0.39 is 25.7 Å². The SMILES string of the molecule is CCC1=Cc2c(C)cccc2[CH]1[Zr]([F])([F])[F]. The molecule has 1 aromatic rings. The Hall–Kier alpha value is -0.367. The van der Waals surface area contributed by atoms with Crippen molar-refractivity contribution < 1.29 is 30.0 Å². The van der Waals surface area contributed by atoms with Crippen molar-refractivity contribution in [2.45, 2.75) is 23.9 Å². The summed E-state index contributed by atoms with van der Waals surface area (Å²) in [7, 11) is 0. The molecule has 0 amide bonds. The number of halogens is 3. The van der Waals surface area contributed by atoms with E-state index in [1.165, 1.54) is 0 Å². The average molecular weight is 305 g/mol. The van der Waals surface area contributed by atoms with Crippen LogP contribution in [-0.4, -0.2) is 0 Å². The van der Waals surface area contributed by atoms with Crippen LogP contribution in [0.2, 0.25) is 0 Å². The first kappa shape index (κ1) is 12.1. The molecular formula is C12H13F3Zr. The fraction of sp³-hybridized carbons (Fsp3) is 0.333. The van der Waals surface area contributed by atoms with Gasteiger partial charge in [-0.1, -0.05) is 0 Å². The molecule has 1 atom stereocenters. The fourth-order valence-corrected chi connectivity index (χ4v) is 5.54. The third kappa shape index (κ3) is 1.92. The molecule has 1 unspecified atom stereocenters. The molecule has 0 aliphatic heterocycles. The first-order valence-corrected chi connectivity index (χ1v) is 9.52. The van der Waals surface area contributed by atoms with Gasteiger partial charge in [-0.3, -0.25) is 0 Å². The molecule has 0 fully saturated rings. The number of allylic oxidation sites excluding steroid dienone is 1. The molecule has 0 N–H and O–H groups in total. The second-order valence-electron chi connectivity index (χ2n) is 4.13. The number of aryl methyl sites for hydroxylation is 1. The van der Waals surface area contributed by atoms with Gasteiger partial charge in [0.1, 0.15) is 0 Å². The Kier molecular flexibility index (Phi) is 3.13. The molecular weight excluding hydrogens is 292 g/mol. The molecule has 4 heteroatoms. The summed E-state index contributed by atoms with van der Waals surface area (Å²) in [5.74, 6) is 0. The van der Waals surface area contributed by atoms with Crippen molar-refractivity contribution in [1.29, 1.82) is 0 Å². The molecule has 2 rings (SSSR count). The van der Waals surface area contributed by atoms with E-state index in [1.807, 2.05) is 13.0 Å². The van der Waals surface area contributed by atoms with Gasteiger partial charge in [-0.15, -0.1) is 0 Å². The summed E-state index contributed by atoms with van der Waals surface area (Å²) < 4.78 is 38.3. The van der Waals surface area contributed by atoms with Crippen LogP contribution in [0.4, 0.5) is 7.88 Å². The Morgan fingerprint density at radius 2 is 1.94 bits per heavy atom. The third-order valence-electron chi connectivity index (χ3n) is 3.10. The van der Waals surface area contributed by atoms with Crippen molar-refractivity contribution in [3.8, 4) is 0 Å². The second-order valence-corrected chi connectivity index (χ2v) is 8.21. The molecule has 1 aliphatic rings. The topological polar surface area (TPSA) is 0 Å². The van der Waals surface area contributed by atoms with E-state index in [4.69, 9.17) is 0 Å². The monoisotopic (exact) mass is 304 g/mol. The van der Waals surface area contributed by atoms with Crippen molar-refractivity contribution in [2.24, 2.45) is 0 Å². The standard InChI is InChI=1S/C12H13.3FH.Zr/c1-3-10-7-11-6-4-5-9(2)12(11)8-10;;;;/h4-8H,3H2,1-2H3;3*1H;/q;;;;+3/p-3. The predicted octanol–water partition coefficient (Wildman–Crippen LogP) is 4.65. The van der Waals surface area contributed by atoms with Gasteiger partial charge in [0.05, 0.1) is 0 Å². The summed E-state index contributed by atoms with van der Waals surface area (Å²) in [5.41, 5.74) is 2.81. The molecule has 0 spiro atoms. The summed E-state index contributed by atoms with van der Waals surface area (Å²) >= 11 is -6.40. The first-order valence-electron chi connectivity index (χ1n) is 5.31. The van der Waals surface area contributed by atoms with Gasteiger partial charge in [-0.2, -0.15) is 0 Å². The van der Waals surface area contributed by atoms with E-state index in [1.54, 1.807) is 25.1 Å². The van der Waals surface area contributed by atoms with Crippen molar-refractivity contribution in [3.63, 3.8) is 0 Å². The predicted molar refractivity (Wildman–Crippen MR) is 55.5 cm³/mol. The van der Waals surface area contributed by atoms with Gasteiger partial charge >= 0.3 is 100 Å². The number of rotatable bonds is 2.